The maximum Gasteiger partial charge on any atom is 0.0543 e. The summed E-state index contributed by atoms with van der Waals surface area (Å²) in [6.45, 7) is 5.06. The number of fused-ring (bicyclic) bond motifs is 5. The second-order valence-electron chi connectivity index (χ2n) is 9.31. The van der Waals surface area contributed by atoms with E-state index < -0.39 is 0 Å². The van der Waals surface area contributed by atoms with Gasteiger partial charge in [-0.1, -0.05) is 13.8 Å². The molecule has 0 aromatic carbocycles. The molecule has 4 saturated carbocycles. The van der Waals surface area contributed by atoms with Crippen LogP contribution in [0.5, 0.6) is 0 Å². The van der Waals surface area contributed by atoms with Crippen molar-refractivity contribution in [1.29, 1.82) is 0 Å². The van der Waals surface area contributed by atoms with Gasteiger partial charge in [-0.15, -0.1) is 0 Å². The Morgan fingerprint density at radius 1 is 0.857 bits per heavy atom. The van der Waals surface area contributed by atoms with Crippen LogP contribution in [0.4, 0.5) is 0 Å². The maximum absolute atomic E-state index is 10.1. The van der Waals surface area contributed by atoms with Gasteiger partial charge in [-0.05, 0) is 92.3 Å². The van der Waals surface area contributed by atoms with Crippen LogP contribution in [0.2, 0.25) is 0 Å². The zero-order chi connectivity index (χ0) is 14.8. The number of aliphatic hydroxyl groups excluding tert-OH is 1. The molecule has 8 atom stereocenters. The van der Waals surface area contributed by atoms with Gasteiger partial charge in [0.15, 0.2) is 0 Å². The summed E-state index contributed by atoms with van der Waals surface area (Å²) >= 11 is 0. The summed E-state index contributed by atoms with van der Waals surface area (Å²) in [5.74, 6) is 3.50. The van der Waals surface area contributed by atoms with Gasteiger partial charge in [-0.25, -0.2) is 0 Å². The van der Waals surface area contributed by atoms with E-state index >= 15 is 0 Å². The van der Waals surface area contributed by atoms with E-state index in [-0.39, 0.29) is 6.10 Å². The van der Waals surface area contributed by atoms with Crippen molar-refractivity contribution in [3.8, 4) is 0 Å². The first-order valence-electron chi connectivity index (χ1n) is 9.39. The molecular weight excluding hydrogens is 258 g/mol. The molecule has 0 radical (unpaired) electrons. The molecular formula is C19H33NO. The molecule has 2 nitrogen and oxygen atoms in total. The molecule has 0 amide bonds. The predicted molar refractivity (Wildman–Crippen MR) is 85.7 cm³/mol. The summed E-state index contributed by atoms with van der Waals surface area (Å²) in [5, 5.41) is 10.1. The Morgan fingerprint density at radius 3 is 2.38 bits per heavy atom. The van der Waals surface area contributed by atoms with Crippen molar-refractivity contribution in [2.45, 2.75) is 83.8 Å². The Labute approximate surface area is 129 Å². The fraction of sp³-hybridized carbons (Fsp3) is 1.00. The van der Waals surface area contributed by atoms with E-state index in [0.29, 0.717) is 16.9 Å². The minimum absolute atomic E-state index is 0.0200. The zero-order valence-electron chi connectivity index (χ0n) is 13.9. The minimum Gasteiger partial charge on any atom is -0.393 e. The van der Waals surface area contributed by atoms with Crippen molar-refractivity contribution < 1.29 is 5.11 Å². The van der Waals surface area contributed by atoms with Gasteiger partial charge in [0, 0.05) is 6.04 Å². The highest BCUT2D eigenvalue weighted by atomic mass is 16.3. The van der Waals surface area contributed by atoms with Crippen LogP contribution in [-0.4, -0.2) is 17.3 Å². The highest BCUT2D eigenvalue weighted by Crippen LogP contribution is 2.65. The molecule has 0 aliphatic heterocycles. The van der Waals surface area contributed by atoms with Gasteiger partial charge < -0.3 is 10.8 Å². The molecule has 4 rings (SSSR count). The number of rotatable bonds is 0. The molecule has 120 valence electrons. The van der Waals surface area contributed by atoms with Crippen LogP contribution in [0.3, 0.4) is 0 Å². The van der Waals surface area contributed by atoms with E-state index in [1.165, 1.54) is 44.9 Å². The zero-order valence-corrected chi connectivity index (χ0v) is 13.9. The summed E-state index contributed by atoms with van der Waals surface area (Å²) in [6, 6.07) is 0.446. The van der Waals surface area contributed by atoms with Crippen molar-refractivity contribution >= 4 is 0 Å². The summed E-state index contributed by atoms with van der Waals surface area (Å²) in [4.78, 5) is 0. The summed E-state index contributed by atoms with van der Waals surface area (Å²) < 4.78 is 0. The predicted octanol–water partition coefficient (Wildman–Crippen LogP) is 3.72. The smallest absolute Gasteiger partial charge is 0.0543 e. The van der Waals surface area contributed by atoms with Crippen LogP contribution >= 0.6 is 0 Å². The molecule has 0 aromatic heterocycles. The van der Waals surface area contributed by atoms with Gasteiger partial charge in [0.05, 0.1) is 6.10 Å². The van der Waals surface area contributed by atoms with Gasteiger partial charge in [0.1, 0.15) is 0 Å². The highest BCUT2D eigenvalue weighted by molar-refractivity contribution is 5.10. The topological polar surface area (TPSA) is 46.2 Å². The quantitative estimate of drug-likeness (QED) is 0.714. The van der Waals surface area contributed by atoms with Gasteiger partial charge in [0.2, 0.25) is 0 Å². The lowest BCUT2D eigenvalue weighted by molar-refractivity contribution is -0.122. The lowest BCUT2D eigenvalue weighted by Gasteiger charge is -2.60. The van der Waals surface area contributed by atoms with E-state index in [4.69, 9.17) is 5.73 Å². The molecule has 0 saturated heterocycles. The number of hydrogen-bond acceptors (Lipinski definition) is 2. The largest absolute Gasteiger partial charge is 0.393 e. The molecule has 4 aliphatic carbocycles. The van der Waals surface area contributed by atoms with E-state index in [0.717, 1.165) is 36.5 Å². The molecule has 2 heteroatoms. The van der Waals surface area contributed by atoms with Crippen molar-refractivity contribution in [1.82, 2.24) is 0 Å². The fourth-order valence-corrected chi connectivity index (χ4v) is 7.28. The molecule has 0 spiro atoms. The van der Waals surface area contributed by atoms with Crippen LogP contribution in [0.25, 0.3) is 0 Å². The SMILES string of the molecule is C[C@]12CC[C@@H](O)C[C@@H]1CC[C@@H]1[C@@H]2CC[C@@]2(C)[C@H](N)CC[C@@H]12. The normalized spacial score (nSPS) is 60.0. The lowest BCUT2D eigenvalue weighted by Crippen LogP contribution is -2.55. The van der Waals surface area contributed by atoms with Crippen LogP contribution in [0, 0.1) is 34.5 Å². The Kier molecular flexibility index (Phi) is 3.25. The second-order valence-corrected chi connectivity index (χ2v) is 9.31. The standard InChI is InChI=1S/C19H33NO/c1-18-9-7-13(21)11-12(18)3-4-14-15-5-6-17(20)19(15,2)10-8-16(14)18/h12-17,21H,3-11,20H2,1-2H3/t12-,13+,14-,15-,16-,17+,18-,19+/m0/s1. The summed E-state index contributed by atoms with van der Waals surface area (Å²) in [6.07, 6.45) is 11.5. The first-order chi connectivity index (χ1) is 9.95. The van der Waals surface area contributed by atoms with Crippen molar-refractivity contribution in [2.75, 3.05) is 0 Å². The summed E-state index contributed by atoms with van der Waals surface area (Å²) in [7, 11) is 0. The monoisotopic (exact) mass is 291 g/mol. The van der Waals surface area contributed by atoms with Crippen LogP contribution in [0.15, 0.2) is 0 Å². The second kappa shape index (κ2) is 4.71. The molecule has 0 heterocycles. The van der Waals surface area contributed by atoms with E-state index in [1.807, 2.05) is 0 Å². The number of aliphatic hydroxyl groups is 1. The molecule has 4 fully saturated rings. The lowest BCUT2D eigenvalue weighted by atomic mass is 9.45. The minimum atomic E-state index is -0.0200. The van der Waals surface area contributed by atoms with Gasteiger partial charge in [0.25, 0.3) is 0 Å². The third-order valence-electron chi connectivity index (χ3n) is 8.71. The van der Waals surface area contributed by atoms with Crippen LogP contribution in [-0.2, 0) is 0 Å². The van der Waals surface area contributed by atoms with E-state index in [9.17, 15) is 5.11 Å². The van der Waals surface area contributed by atoms with Crippen LogP contribution in [0.1, 0.15) is 71.6 Å². The van der Waals surface area contributed by atoms with E-state index in [2.05, 4.69) is 13.8 Å². The Morgan fingerprint density at radius 2 is 1.57 bits per heavy atom. The Balaban J connectivity index is 1.62. The number of hydrogen-bond donors (Lipinski definition) is 2. The van der Waals surface area contributed by atoms with Crippen molar-refractivity contribution in [3.63, 3.8) is 0 Å². The average molecular weight is 291 g/mol. The van der Waals surface area contributed by atoms with E-state index in [1.54, 1.807) is 0 Å². The van der Waals surface area contributed by atoms with Crippen molar-refractivity contribution in [3.05, 3.63) is 0 Å². The van der Waals surface area contributed by atoms with Crippen molar-refractivity contribution in [2.24, 2.45) is 40.2 Å². The van der Waals surface area contributed by atoms with Gasteiger partial charge in [-0.3, -0.25) is 0 Å². The summed E-state index contributed by atoms with van der Waals surface area (Å²) in [5.41, 5.74) is 7.43. The third kappa shape index (κ3) is 1.91. The average Bonchev–Trinajstić information content (AvgIpc) is 2.76. The molecule has 0 aromatic rings. The highest BCUT2D eigenvalue weighted by Gasteiger charge is 2.59. The Bertz CT molecular complexity index is 424. The molecule has 0 unspecified atom stereocenters. The first-order valence-corrected chi connectivity index (χ1v) is 9.39. The molecule has 21 heavy (non-hydrogen) atoms. The molecule has 0 bridgehead atoms. The first kappa shape index (κ1) is 14.5. The molecule has 3 N–H and O–H groups in total. The third-order valence-corrected chi connectivity index (χ3v) is 8.71. The fourth-order valence-electron chi connectivity index (χ4n) is 7.28. The van der Waals surface area contributed by atoms with Gasteiger partial charge in [-0.2, -0.15) is 0 Å². The Hall–Kier alpha value is -0.0800. The maximum atomic E-state index is 10.1. The molecule has 4 aliphatic rings. The number of nitrogens with two attached hydrogens (primary N) is 1. The van der Waals surface area contributed by atoms with Gasteiger partial charge >= 0.3 is 0 Å². The van der Waals surface area contributed by atoms with Crippen LogP contribution < -0.4 is 5.73 Å².